The van der Waals surface area contributed by atoms with E-state index in [0.29, 0.717) is 12.6 Å². The summed E-state index contributed by atoms with van der Waals surface area (Å²) in [6.45, 7) is 3.18. The maximum absolute atomic E-state index is 12.8. The number of para-hydroxylation sites is 1. The molecule has 0 radical (unpaired) electrons. The zero-order valence-corrected chi connectivity index (χ0v) is 14.2. The van der Waals surface area contributed by atoms with E-state index in [-0.39, 0.29) is 6.03 Å². The topological polar surface area (TPSA) is 57.3 Å². The maximum Gasteiger partial charge on any atom is 0.322 e. The number of hydrogen-bond donors (Lipinski definition) is 2. The van der Waals surface area contributed by atoms with E-state index in [1.165, 1.54) is 5.56 Å². The van der Waals surface area contributed by atoms with Crippen LogP contribution in [0.25, 0.3) is 0 Å². The fraction of sp³-hybridized carbons (Fsp3) is 0.368. The normalized spacial score (nSPS) is 17.1. The summed E-state index contributed by atoms with van der Waals surface area (Å²) in [4.78, 5) is 18.9. The third kappa shape index (κ3) is 3.41. The van der Waals surface area contributed by atoms with E-state index in [0.717, 1.165) is 36.3 Å². The van der Waals surface area contributed by atoms with Gasteiger partial charge in [0, 0.05) is 31.0 Å². The minimum Gasteiger partial charge on any atom is -0.334 e. The van der Waals surface area contributed by atoms with E-state index in [1.807, 2.05) is 49.2 Å². The first-order valence-electron chi connectivity index (χ1n) is 8.42. The van der Waals surface area contributed by atoms with E-state index in [9.17, 15) is 4.79 Å². The number of carbonyl (C=O) groups is 1. The van der Waals surface area contributed by atoms with Gasteiger partial charge in [-0.05, 0) is 50.1 Å². The molecule has 0 spiro atoms. The van der Waals surface area contributed by atoms with Crippen LogP contribution < -0.4 is 15.5 Å². The molecular weight excluding hydrogens is 300 g/mol. The highest BCUT2D eigenvalue weighted by atomic mass is 16.2. The Bertz CT molecular complexity index is 716. The third-order valence-electron chi connectivity index (χ3n) is 4.62. The van der Waals surface area contributed by atoms with Gasteiger partial charge in [0.15, 0.2) is 0 Å². The average Bonchev–Trinajstić information content (AvgIpc) is 2.80. The standard InChI is InChI=1S/C19H24N4O/c1-14-15(7-5-11-21-14)13-22-19(24)23-12-6-9-17(20-2)16-8-3-4-10-18(16)23/h3-5,7-8,10-11,17,20H,6,9,12-13H2,1-2H3,(H,22,24). The number of rotatable bonds is 3. The number of anilines is 1. The predicted octanol–water partition coefficient (Wildman–Crippen LogP) is 3.16. The van der Waals surface area contributed by atoms with Crippen molar-refractivity contribution in [3.05, 3.63) is 59.4 Å². The molecule has 1 aromatic heterocycles. The summed E-state index contributed by atoms with van der Waals surface area (Å²) >= 11 is 0. The second kappa shape index (κ2) is 7.45. The lowest BCUT2D eigenvalue weighted by atomic mass is 10.0. The quantitative estimate of drug-likeness (QED) is 0.912. The lowest BCUT2D eigenvalue weighted by molar-refractivity contribution is 0.246. The molecule has 1 unspecified atom stereocenters. The van der Waals surface area contributed by atoms with Crippen molar-refractivity contribution in [1.29, 1.82) is 0 Å². The van der Waals surface area contributed by atoms with Crippen LogP contribution in [0.1, 0.15) is 35.7 Å². The molecule has 1 aromatic carbocycles. The molecule has 5 heteroatoms. The fourth-order valence-electron chi connectivity index (χ4n) is 3.24. The number of nitrogens with one attached hydrogen (secondary N) is 2. The number of benzene rings is 1. The van der Waals surface area contributed by atoms with Gasteiger partial charge < -0.3 is 10.6 Å². The SMILES string of the molecule is CNC1CCCN(C(=O)NCc2cccnc2C)c2ccccc21. The molecular formula is C19H24N4O. The number of pyridine rings is 1. The van der Waals surface area contributed by atoms with E-state index >= 15 is 0 Å². The lowest BCUT2D eigenvalue weighted by Gasteiger charge is -2.24. The molecule has 0 saturated carbocycles. The van der Waals surface area contributed by atoms with E-state index in [1.54, 1.807) is 6.20 Å². The average molecular weight is 324 g/mol. The molecule has 0 fully saturated rings. The molecule has 1 aliphatic heterocycles. The molecule has 1 atom stereocenters. The van der Waals surface area contributed by atoms with Gasteiger partial charge >= 0.3 is 6.03 Å². The third-order valence-corrected chi connectivity index (χ3v) is 4.62. The molecule has 24 heavy (non-hydrogen) atoms. The van der Waals surface area contributed by atoms with Crippen molar-refractivity contribution in [2.24, 2.45) is 0 Å². The Morgan fingerprint density at radius 3 is 2.92 bits per heavy atom. The van der Waals surface area contributed by atoms with Crippen LogP contribution in [0.5, 0.6) is 0 Å². The van der Waals surface area contributed by atoms with Gasteiger partial charge in [0.05, 0.1) is 5.69 Å². The van der Waals surface area contributed by atoms with Crippen molar-refractivity contribution in [2.75, 3.05) is 18.5 Å². The van der Waals surface area contributed by atoms with Crippen molar-refractivity contribution >= 4 is 11.7 Å². The number of carbonyl (C=O) groups excluding carboxylic acids is 1. The first-order valence-corrected chi connectivity index (χ1v) is 8.42. The Kier molecular flexibility index (Phi) is 5.11. The smallest absolute Gasteiger partial charge is 0.322 e. The van der Waals surface area contributed by atoms with Crippen molar-refractivity contribution in [3.63, 3.8) is 0 Å². The molecule has 0 bridgehead atoms. The molecule has 126 valence electrons. The van der Waals surface area contributed by atoms with Crippen molar-refractivity contribution in [2.45, 2.75) is 32.4 Å². The summed E-state index contributed by atoms with van der Waals surface area (Å²) in [5.74, 6) is 0. The van der Waals surface area contributed by atoms with E-state index < -0.39 is 0 Å². The summed E-state index contributed by atoms with van der Waals surface area (Å²) in [6.07, 6.45) is 3.77. The number of hydrogen-bond acceptors (Lipinski definition) is 3. The molecule has 0 aliphatic carbocycles. The Morgan fingerprint density at radius 2 is 2.12 bits per heavy atom. The number of urea groups is 1. The first kappa shape index (κ1) is 16.5. The van der Waals surface area contributed by atoms with Gasteiger partial charge in [-0.1, -0.05) is 24.3 Å². The first-order chi connectivity index (χ1) is 11.7. The van der Waals surface area contributed by atoms with Gasteiger partial charge in [0.25, 0.3) is 0 Å². The number of amides is 2. The van der Waals surface area contributed by atoms with Crippen LogP contribution >= 0.6 is 0 Å². The fourth-order valence-corrected chi connectivity index (χ4v) is 3.24. The number of nitrogens with zero attached hydrogens (tertiary/aromatic N) is 2. The second-order valence-corrected chi connectivity index (χ2v) is 6.10. The van der Waals surface area contributed by atoms with Gasteiger partial charge in [-0.15, -0.1) is 0 Å². The molecule has 3 rings (SSSR count). The number of aromatic nitrogens is 1. The molecule has 2 aromatic rings. The van der Waals surface area contributed by atoms with Gasteiger partial charge in [-0.3, -0.25) is 9.88 Å². The van der Waals surface area contributed by atoms with Crippen LogP contribution in [0.4, 0.5) is 10.5 Å². The van der Waals surface area contributed by atoms with Gasteiger partial charge in [0.2, 0.25) is 0 Å². The molecule has 2 heterocycles. The summed E-state index contributed by atoms with van der Waals surface area (Å²) in [7, 11) is 1.97. The van der Waals surface area contributed by atoms with Gasteiger partial charge in [-0.2, -0.15) is 0 Å². The van der Waals surface area contributed by atoms with E-state index in [2.05, 4.69) is 21.7 Å². The Balaban J connectivity index is 1.78. The minimum atomic E-state index is -0.0533. The van der Waals surface area contributed by atoms with Crippen molar-refractivity contribution in [1.82, 2.24) is 15.6 Å². The van der Waals surface area contributed by atoms with Crippen LogP contribution in [0.2, 0.25) is 0 Å². The maximum atomic E-state index is 12.8. The molecule has 2 N–H and O–H groups in total. The summed E-state index contributed by atoms with van der Waals surface area (Å²) in [5.41, 5.74) is 4.17. The summed E-state index contributed by atoms with van der Waals surface area (Å²) < 4.78 is 0. The van der Waals surface area contributed by atoms with Gasteiger partial charge in [0.1, 0.15) is 0 Å². The van der Waals surface area contributed by atoms with Crippen LogP contribution in [-0.2, 0) is 6.54 Å². The zero-order valence-electron chi connectivity index (χ0n) is 14.2. The zero-order chi connectivity index (χ0) is 16.9. The Hall–Kier alpha value is -2.40. The largest absolute Gasteiger partial charge is 0.334 e. The lowest BCUT2D eigenvalue weighted by Crippen LogP contribution is -2.40. The van der Waals surface area contributed by atoms with Crippen LogP contribution in [-0.4, -0.2) is 24.6 Å². The van der Waals surface area contributed by atoms with E-state index in [4.69, 9.17) is 0 Å². The van der Waals surface area contributed by atoms with Crippen molar-refractivity contribution in [3.8, 4) is 0 Å². The predicted molar refractivity (Wildman–Crippen MR) is 96.0 cm³/mol. The van der Waals surface area contributed by atoms with Crippen LogP contribution in [0.15, 0.2) is 42.6 Å². The highest BCUT2D eigenvalue weighted by Crippen LogP contribution is 2.32. The molecule has 0 saturated heterocycles. The van der Waals surface area contributed by atoms with Crippen LogP contribution in [0.3, 0.4) is 0 Å². The monoisotopic (exact) mass is 324 g/mol. The van der Waals surface area contributed by atoms with Crippen LogP contribution in [0, 0.1) is 6.92 Å². The second-order valence-electron chi connectivity index (χ2n) is 6.10. The van der Waals surface area contributed by atoms with Crippen molar-refractivity contribution < 1.29 is 4.79 Å². The summed E-state index contributed by atoms with van der Waals surface area (Å²) in [5, 5.41) is 6.40. The number of aryl methyl sites for hydroxylation is 1. The molecule has 5 nitrogen and oxygen atoms in total. The van der Waals surface area contributed by atoms with Gasteiger partial charge in [-0.25, -0.2) is 4.79 Å². The number of fused-ring (bicyclic) bond motifs is 1. The Morgan fingerprint density at radius 1 is 1.29 bits per heavy atom. The highest BCUT2D eigenvalue weighted by Gasteiger charge is 2.25. The summed E-state index contributed by atoms with van der Waals surface area (Å²) in [6, 6.07) is 12.3. The molecule has 1 aliphatic rings. The Labute approximate surface area is 143 Å². The minimum absolute atomic E-state index is 0.0533. The molecule has 2 amide bonds. The highest BCUT2D eigenvalue weighted by molar-refractivity contribution is 5.93.